The molecule has 0 aromatic heterocycles. The topological polar surface area (TPSA) is 40.1 Å². The smallest absolute Gasteiger partial charge is 0.430 e. The Hall–Kier alpha value is -2.73. The summed E-state index contributed by atoms with van der Waals surface area (Å²) in [5.41, 5.74) is 3.92. The van der Waals surface area contributed by atoms with Crippen molar-refractivity contribution in [2.45, 2.75) is 41.6 Å². The first-order chi connectivity index (χ1) is 13.6. The molecule has 0 aliphatic heterocycles. The van der Waals surface area contributed by atoms with Crippen molar-refractivity contribution < 1.29 is 23.1 Å². The lowest BCUT2D eigenvalue weighted by molar-refractivity contribution is -0.344. The monoisotopic (exact) mass is 418 g/mol. The van der Waals surface area contributed by atoms with Crippen LogP contribution in [0.25, 0.3) is 0 Å². The van der Waals surface area contributed by atoms with Crippen molar-refractivity contribution in [3.63, 3.8) is 0 Å². The molecule has 0 amide bonds. The van der Waals surface area contributed by atoms with Crippen molar-refractivity contribution >= 4 is 16.9 Å². The van der Waals surface area contributed by atoms with Gasteiger partial charge in [-0.3, -0.25) is 0 Å². The Morgan fingerprint density at radius 2 is 0.862 bits per heavy atom. The predicted octanol–water partition coefficient (Wildman–Crippen LogP) is 5.01. The third-order valence-corrected chi connectivity index (χ3v) is 6.23. The molecule has 0 fully saturated rings. The summed E-state index contributed by atoms with van der Waals surface area (Å²) in [5, 5.41) is 8.78. The second kappa shape index (κ2) is 9.65. The molecule has 0 N–H and O–H groups in total. The molecule has 0 radical (unpaired) electrons. The van der Waals surface area contributed by atoms with E-state index in [2.05, 4.69) is 93.6 Å². The predicted molar refractivity (Wildman–Crippen MR) is 107 cm³/mol. The molecule has 0 saturated carbocycles. The quantitative estimate of drug-likeness (QED) is 0.561. The van der Waals surface area contributed by atoms with Crippen LogP contribution in [0.4, 0.5) is 13.2 Å². The highest BCUT2D eigenvalue weighted by Gasteiger charge is 2.29. The van der Waals surface area contributed by atoms with Gasteiger partial charge in [0, 0.05) is 0 Å². The molecular weight excluding hydrogens is 397 g/mol. The van der Waals surface area contributed by atoms with E-state index in [1.165, 1.54) is 31.4 Å². The lowest BCUT2D eigenvalue weighted by atomic mass is 10.2. The van der Waals surface area contributed by atoms with E-state index in [0.29, 0.717) is 0 Å². The molecule has 152 valence electrons. The number of carbonyl (C=O) groups is 1. The van der Waals surface area contributed by atoms with Crippen LogP contribution in [0, 0.1) is 20.8 Å². The minimum atomic E-state index is -5.19. The average Bonchev–Trinajstić information content (AvgIpc) is 2.66. The van der Waals surface area contributed by atoms with Gasteiger partial charge in [-0.1, -0.05) is 53.1 Å². The van der Waals surface area contributed by atoms with Crippen molar-refractivity contribution in [2.24, 2.45) is 0 Å². The molecule has 0 atom stereocenters. The van der Waals surface area contributed by atoms with E-state index in [1.54, 1.807) is 0 Å². The molecule has 2 nitrogen and oxygen atoms in total. The molecule has 6 heteroatoms. The summed E-state index contributed by atoms with van der Waals surface area (Å²) in [6.45, 7) is 6.42. The lowest BCUT2D eigenvalue weighted by Crippen LogP contribution is -2.37. The second-order valence-electron chi connectivity index (χ2n) is 6.53. The van der Waals surface area contributed by atoms with Crippen LogP contribution in [0.1, 0.15) is 16.7 Å². The summed E-state index contributed by atoms with van der Waals surface area (Å²) < 4.78 is 31.5. The third kappa shape index (κ3) is 6.68. The van der Waals surface area contributed by atoms with Crippen LogP contribution in [0.15, 0.2) is 87.5 Å². The van der Waals surface area contributed by atoms with E-state index in [1.807, 2.05) is 0 Å². The number of aryl methyl sites for hydroxylation is 3. The average molecular weight is 418 g/mol. The molecule has 0 unspecified atom stereocenters. The standard InChI is InChI=1S/C21H21S.C2HF3O2/c1-16-4-10-19(11-5-16)22(20-12-6-17(2)7-13-20)21-14-8-18(3)9-15-21;3-2(4,5)1(6)7/h4-15H,1-3H3;(H,6,7)/q+1;/p-1. The van der Waals surface area contributed by atoms with E-state index >= 15 is 0 Å². The number of aliphatic carboxylic acids is 1. The van der Waals surface area contributed by atoms with Crippen LogP contribution in [-0.4, -0.2) is 12.1 Å². The minimum Gasteiger partial charge on any atom is -0.542 e. The number of halogens is 3. The Kier molecular flexibility index (Phi) is 7.51. The first-order valence-electron chi connectivity index (χ1n) is 8.80. The van der Waals surface area contributed by atoms with Gasteiger partial charge in [-0.25, -0.2) is 0 Å². The van der Waals surface area contributed by atoms with Crippen LogP contribution in [0.3, 0.4) is 0 Å². The summed E-state index contributed by atoms with van der Waals surface area (Å²) in [4.78, 5) is 12.9. The zero-order valence-electron chi connectivity index (χ0n) is 16.3. The highest BCUT2D eigenvalue weighted by atomic mass is 32.2. The molecule has 0 heterocycles. The number of carboxylic acid groups (broad SMARTS) is 1. The van der Waals surface area contributed by atoms with E-state index in [9.17, 15) is 13.2 Å². The number of carboxylic acids is 1. The fourth-order valence-corrected chi connectivity index (χ4v) is 4.47. The van der Waals surface area contributed by atoms with Gasteiger partial charge in [-0.2, -0.15) is 13.2 Å². The molecular formula is C23H21F3O2S. The zero-order valence-corrected chi connectivity index (χ0v) is 17.1. The summed E-state index contributed by atoms with van der Waals surface area (Å²) in [6, 6.07) is 26.8. The number of carbonyl (C=O) groups excluding carboxylic acids is 1. The Balaban J connectivity index is 0.000000370. The molecule has 29 heavy (non-hydrogen) atoms. The van der Waals surface area contributed by atoms with Crippen LogP contribution < -0.4 is 5.11 Å². The number of rotatable bonds is 3. The lowest BCUT2D eigenvalue weighted by Gasteiger charge is -2.09. The van der Waals surface area contributed by atoms with Gasteiger partial charge in [0.2, 0.25) is 0 Å². The molecule has 0 aliphatic carbocycles. The minimum absolute atomic E-state index is 0.0394. The van der Waals surface area contributed by atoms with Crippen LogP contribution in [0.5, 0.6) is 0 Å². The fourth-order valence-electron chi connectivity index (χ4n) is 2.43. The van der Waals surface area contributed by atoms with Crippen molar-refractivity contribution in [1.82, 2.24) is 0 Å². The molecule has 0 spiro atoms. The number of alkyl halides is 3. The van der Waals surface area contributed by atoms with Gasteiger partial charge in [0.1, 0.15) is 5.97 Å². The maximum absolute atomic E-state index is 10.5. The van der Waals surface area contributed by atoms with Crippen molar-refractivity contribution in [3.8, 4) is 0 Å². The van der Waals surface area contributed by atoms with E-state index in [4.69, 9.17) is 9.90 Å². The highest BCUT2D eigenvalue weighted by molar-refractivity contribution is 7.97. The Labute approximate surface area is 171 Å². The molecule has 3 aromatic carbocycles. The fraction of sp³-hybridized carbons (Fsp3) is 0.174. The van der Waals surface area contributed by atoms with Gasteiger partial charge in [0.05, 0.1) is 10.9 Å². The van der Waals surface area contributed by atoms with Gasteiger partial charge < -0.3 is 9.90 Å². The summed E-state index contributed by atoms with van der Waals surface area (Å²) >= 11 is 0. The third-order valence-electron chi connectivity index (χ3n) is 4.00. The maximum Gasteiger partial charge on any atom is 0.430 e. The Bertz CT molecular complexity index is 824. The highest BCUT2D eigenvalue weighted by Crippen LogP contribution is 2.31. The SMILES string of the molecule is Cc1ccc([S+](c2ccc(C)cc2)c2ccc(C)cc2)cc1.O=C([O-])C(F)(F)F. The van der Waals surface area contributed by atoms with E-state index < -0.39 is 12.1 Å². The second-order valence-corrected chi connectivity index (χ2v) is 8.56. The van der Waals surface area contributed by atoms with Crippen molar-refractivity contribution in [3.05, 3.63) is 89.5 Å². The number of benzene rings is 3. The van der Waals surface area contributed by atoms with Crippen LogP contribution in [0.2, 0.25) is 0 Å². The largest absolute Gasteiger partial charge is 0.542 e. The van der Waals surface area contributed by atoms with Gasteiger partial charge in [0.25, 0.3) is 0 Å². The molecule has 0 saturated heterocycles. The molecule has 3 aromatic rings. The van der Waals surface area contributed by atoms with Crippen molar-refractivity contribution in [2.75, 3.05) is 0 Å². The zero-order chi connectivity index (χ0) is 21.6. The molecule has 0 bridgehead atoms. The van der Waals surface area contributed by atoms with Crippen LogP contribution in [-0.2, 0) is 15.7 Å². The van der Waals surface area contributed by atoms with Crippen LogP contribution >= 0.6 is 0 Å². The Morgan fingerprint density at radius 3 is 1.03 bits per heavy atom. The Morgan fingerprint density at radius 1 is 0.655 bits per heavy atom. The summed E-state index contributed by atoms with van der Waals surface area (Å²) in [7, 11) is -0.0394. The van der Waals surface area contributed by atoms with Gasteiger partial charge >= 0.3 is 6.18 Å². The molecule has 3 rings (SSSR count). The number of hydrogen-bond donors (Lipinski definition) is 0. The normalized spacial score (nSPS) is 11.0. The van der Waals surface area contributed by atoms with E-state index in [0.717, 1.165) is 0 Å². The first-order valence-corrected chi connectivity index (χ1v) is 10.0. The first kappa shape index (κ1) is 22.6. The van der Waals surface area contributed by atoms with Gasteiger partial charge in [0.15, 0.2) is 14.7 Å². The summed E-state index contributed by atoms with van der Waals surface area (Å²) in [6.07, 6.45) is -5.19. The van der Waals surface area contributed by atoms with Crippen molar-refractivity contribution in [1.29, 1.82) is 0 Å². The maximum atomic E-state index is 10.5. The van der Waals surface area contributed by atoms with Gasteiger partial charge in [-0.15, -0.1) is 0 Å². The van der Waals surface area contributed by atoms with Gasteiger partial charge in [-0.05, 0) is 57.2 Å². The summed E-state index contributed by atoms with van der Waals surface area (Å²) in [5.74, 6) is -3.01. The molecule has 0 aliphatic rings. The van der Waals surface area contributed by atoms with E-state index in [-0.39, 0.29) is 10.9 Å². The number of hydrogen-bond acceptors (Lipinski definition) is 2.